The van der Waals surface area contributed by atoms with Crippen molar-refractivity contribution in [2.75, 3.05) is 0 Å². The zero-order valence-corrected chi connectivity index (χ0v) is 6.19. The molecule has 16 heavy (non-hydrogen) atoms. The third-order valence-electron chi connectivity index (χ3n) is 0. The Morgan fingerprint density at radius 3 is 0.750 bits per heavy atom. The van der Waals surface area contributed by atoms with Gasteiger partial charge in [0, 0.05) is 10.4 Å². The summed E-state index contributed by atoms with van der Waals surface area (Å²) in [6.45, 7) is 0. The predicted molar refractivity (Wildman–Crippen MR) is 59.5 cm³/mol. The van der Waals surface area contributed by atoms with Gasteiger partial charge in [0.05, 0.1) is 0 Å². The minimum Gasteiger partial charge on any atom is -0.759 e. The highest BCUT2D eigenvalue weighted by Crippen LogP contribution is 1.57. The van der Waals surface area contributed by atoms with E-state index in [1.807, 2.05) is 0 Å². The Bertz CT molecular complexity index is 111. The first-order valence-electron chi connectivity index (χ1n) is 1.56. The zero-order chi connectivity index (χ0) is 10.5. The predicted octanol–water partition coefficient (Wildman–Crippen LogP) is -1.59. The van der Waals surface area contributed by atoms with Crippen LogP contribution in [-0.2, 0) is 10.4 Å². The molecule has 0 atom stereocenters. The molecule has 0 aromatic carbocycles. The average molecular weight is 277 g/mol. The quantitative estimate of drug-likeness (QED) is 0.171. The Hall–Kier alpha value is -0.370. The molecule has 0 radical (unpaired) electrons. The summed E-state index contributed by atoms with van der Waals surface area (Å²) >= 11 is 0. The van der Waals surface area contributed by atoms with E-state index in [0.29, 0.717) is 0 Å². The van der Waals surface area contributed by atoms with Crippen molar-refractivity contribution in [3.63, 3.8) is 0 Å². The molecule has 0 bridgehead atoms. The Morgan fingerprint density at radius 2 is 0.750 bits per heavy atom. The molecule has 10 nitrogen and oxygen atoms in total. The van der Waals surface area contributed by atoms with Crippen molar-refractivity contribution in [2.45, 2.75) is 37.1 Å². The highest BCUT2D eigenvalue weighted by molar-refractivity contribution is 7.79. The van der Waals surface area contributed by atoms with Crippen LogP contribution in [-0.4, -0.2) is 33.1 Å². The van der Waals surface area contributed by atoms with Crippen LogP contribution >= 0.6 is 0 Å². The molecule has 11 N–H and O–H groups in total. The Morgan fingerprint density at radius 1 is 0.750 bits per heavy atom. The molecule has 0 aromatic rings. The van der Waals surface area contributed by atoms with Gasteiger partial charge in [-0.1, -0.05) is 37.1 Å². The lowest BCUT2D eigenvalue weighted by Crippen LogP contribution is -2.42. The van der Waals surface area contributed by atoms with Gasteiger partial charge in [-0.25, -0.2) is 28.1 Å². The smallest absolute Gasteiger partial charge is 0.0311 e. The van der Waals surface area contributed by atoms with Crippen LogP contribution in [0.2, 0.25) is 0 Å². The van der Waals surface area contributed by atoms with E-state index in [-0.39, 0.29) is 37.1 Å². The molecule has 0 heterocycles. The second kappa shape index (κ2) is 85.7. The second-order valence-electron chi connectivity index (χ2n) is 0.408. The van der Waals surface area contributed by atoms with Crippen molar-refractivity contribution in [1.29, 1.82) is 0 Å². The van der Waals surface area contributed by atoms with Crippen molar-refractivity contribution in [3.8, 4) is 0 Å². The molecule has 0 saturated heterocycles. The minimum atomic E-state index is -5.17. The van der Waals surface area contributed by atoms with E-state index in [0.717, 1.165) is 0 Å². The van der Waals surface area contributed by atoms with Crippen LogP contribution in [0.15, 0.2) is 0 Å². The lowest BCUT2D eigenvalue weighted by molar-refractivity contribution is -0.670. The highest BCUT2D eigenvalue weighted by atomic mass is 32.3. The van der Waals surface area contributed by atoms with Crippen LogP contribution < -0.4 is 17.7 Å². The van der Waals surface area contributed by atoms with Crippen LogP contribution in [0, 0.1) is 0 Å². The van der Waals surface area contributed by atoms with Crippen LogP contribution in [0.25, 0.3) is 0 Å². The van der Waals surface area contributed by atoms with Gasteiger partial charge >= 0.3 is 0 Å². The lowest BCUT2D eigenvalue weighted by atomic mass is 12.0. The van der Waals surface area contributed by atoms with Crippen LogP contribution in [0.3, 0.4) is 0 Å². The summed E-state index contributed by atoms with van der Waals surface area (Å²) in [4.78, 5) is 0. The molecular formula is C5H31N3O7S. The van der Waals surface area contributed by atoms with Crippen molar-refractivity contribution in [2.24, 2.45) is 5.90 Å². The largest absolute Gasteiger partial charge is 0.759 e. The van der Waals surface area contributed by atoms with Gasteiger partial charge < -0.3 is 14.3 Å². The maximum absolute atomic E-state index is 8.52. The summed E-state index contributed by atoms with van der Waals surface area (Å²) in [5.74, 6) is 8.00. The summed E-state index contributed by atoms with van der Waals surface area (Å²) in [6.07, 6.45) is 0. The average Bonchev–Trinajstić information content (AvgIpc) is 1.96. The molecule has 0 saturated carbocycles. The topological polar surface area (TPSA) is 222 Å². The van der Waals surface area contributed by atoms with Gasteiger partial charge in [0.2, 0.25) is 0 Å². The molecule has 11 heteroatoms. The maximum Gasteiger partial charge on any atom is 0.0311 e. The van der Waals surface area contributed by atoms with Gasteiger partial charge in [0.1, 0.15) is 0 Å². The number of nitrogens with two attached hydrogens (primary N) is 1. The monoisotopic (exact) mass is 277 g/mol. The van der Waals surface area contributed by atoms with Crippen LogP contribution in [0.1, 0.15) is 37.1 Å². The first-order chi connectivity index (χ1) is 5.00. The third-order valence-corrected chi connectivity index (χ3v) is 0. The molecule has 0 spiro atoms. The second-order valence-corrected chi connectivity index (χ2v) is 1.22. The molecule has 0 fully saturated rings. The maximum atomic E-state index is 8.52. The van der Waals surface area contributed by atoms with Crippen molar-refractivity contribution >= 4 is 10.4 Å². The Balaban J connectivity index is -0.00000000578. The third kappa shape index (κ3) is 15900. The fraction of sp³-hybridized carbons (Fsp3) is 1.00. The van der Waals surface area contributed by atoms with Crippen molar-refractivity contribution < 1.29 is 44.9 Å². The van der Waals surface area contributed by atoms with E-state index < -0.39 is 10.4 Å². The van der Waals surface area contributed by atoms with E-state index in [2.05, 4.69) is 17.7 Å². The van der Waals surface area contributed by atoms with Crippen LogP contribution in [0.4, 0.5) is 0 Å². The summed E-state index contributed by atoms with van der Waals surface area (Å²) in [5.41, 5.74) is 0. The number of hydrogen-bond donors (Lipinski definition) is 6. The van der Waals surface area contributed by atoms with Crippen molar-refractivity contribution in [1.82, 2.24) is 0 Å². The Labute approximate surface area is 99.1 Å². The van der Waals surface area contributed by atoms with Gasteiger partial charge in [-0.05, 0) is 0 Å². The van der Waals surface area contributed by atoms with E-state index >= 15 is 0 Å². The SMILES string of the molecule is C.C.C.C.C.NO.O=S(=O)([O-])[O-].[NH3+]O.[NH3+]O. The molecule has 0 amide bonds. The molecule has 0 aliphatic rings. The first kappa shape index (κ1) is 76.1. The highest BCUT2D eigenvalue weighted by Gasteiger charge is 1.49. The lowest BCUT2D eigenvalue weighted by Gasteiger charge is -2.06. The molecule has 0 aromatic heterocycles. The number of quaternary nitrogens is 2. The number of hydrogen-bond acceptors (Lipinski definition) is 8. The summed E-state index contributed by atoms with van der Waals surface area (Å²) in [5, 5.41) is 20.0. The summed E-state index contributed by atoms with van der Waals surface area (Å²) in [6, 6.07) is 0. The molecule has 0 unspecified atom stereocenters. The van der Waals surface area contributed by atoms with Gasteiger partial charge in [-0.2, -0.15) is 0 Å². The molecule has 0 rings (SSSR count). The molecule has 0 aliphatic heterocycles. The van der Waals surface area contributed by atoms with E-state index in [4.69, 9.17) is 33.1 Å². The van der Waals surface area contributed by atoms with Gasteiger partial charge in [0.15, 0.2) is 0 Å². The minimum absolute atomic E-state index is 0. The Kier molecular flexibility index (Phi) is 408. The van der Waals surface area contributed by atoms with Gasteiger partial charge in [0.25, 0.3) is 0 Å². The fourth-order valence-electron chi connectivity index (χ4n) is 0. The van der Waals surface area contributed by atoms with E-state index in [1.165, 1.54) is 0 Å². The van der Waals surface area contributed by atoms with Crippen LogP contribution in [0.5, 0.6) is 0 Å². The van der Waals surface area contributed by atoms with E-state index in [1.54, 1.807) is 0 Å². The number of rotatable bonds is 0. The summed E-state index contributed by atoms with van der Waals surface area (Å²) in [7, 11) is -5.17. The normalized spacial score (nSPS) is 4.75. The summed E-state index contributed by atoms with van der Waals surface area (Å²) < 4.78 is 34.1. The van der Waals surface area contributed by atoms with E-state index in [9.17, 15) is 0 Å². The fourth-order valence-corrected chi connectivity index (χ4v) is 0. The van der Waals surface area contributed by atoms with Gasteiger partial charge in [-0.15, -0.1) is 0 Å². The van der Waals surface area contributed by atoms with Gasteiger partial charge in [-0.3, -0.25) is 8.42 Å². The van der Waals surface area contributed by atoms with Crippen molar-refractivity contribution in [3.05, 3.63) is 0 Å². The molecular weight excluding hydrogens is 246 g/mol. The zero-order valence-electron chi connectivity index (χ0n) is 5.37. The first-order valence-corrected chi connectivity index (χ1v) is 2.89. The molecule has 0 aliphatic carbocycles. The molecule has 114 valence electrons. The standard InChI is InChI=1S/5CH4.2H4NO.H3NO.H2O4S/c;;;;;3*1-2;1-5(2,3)4/h5*1H4;2*2H,1H3;2H,1H2;(H2,1,2,3,4)/q;;;;;2*+1;;/p-2.